The molecule has 7 heteroatoms. The van der Waals surface area contributed by atoms with Crippen LogP contribution in [0, 0.1) is 5.92 Å². The van der Waals surface area contributed by atoms with Gasteiger partial charge in [0.1, 0.15) is 0 Å². The normalized spacial score (nSPS) is 19.1. The summed E-state index contributed by atoms with van der Waals surface area (Å²) in [6.07, 6.45) is 6.08. The van der Waals surface area contributed by atoms with Gasteiger partial charge in [0.2, 0.25) is 0 Å². The SMILES string of the molecule is O=C(c1cn(Cc2ccncc2)c(=O)c2ccccc12)N1C[C@H]2C[C@@H](C1)c1cccc(=O)n1C2. The van der Waals surface area contributed by atoms with Crippen molar-refractivity contribution >= 4 is 16.7 Å². The van der Waals surface area contributed by atoms with Crippen molar-refractivity contribution < 1.29 is 4.79 Å². The molecule has 2 aliphatic rings. The molecule has 1 fully saturated rings. The maximum Gasteiger partial charge on any atom is 0.258 e. The Balaban J connectivity index is 1.39. The van der Waals surface area contributed by atoms with Gasteiger partial charge >= 0.3 is 0 Å². The van der Waals surface area contributed by atoms with Crippen LogP contribution in [0.2, 0.25) is 0 Å². The van der Waals surface area contributed by atoms with Crippen LogP contribution in [-0.2, 0) is 13.1 Å². The topological polar surface area (TPSA) is 77.2 Å². The molecule has 0 radical (unpaired) electrons. The molecule has 0 spiro atoms. The van der Waals surface area contributed by atoms with Gasteiger partial charge in [-0.2, -0.15) is 0 Å². The van der Waals surface area contributed by atoms with Gasteiger partial charge in [-0.3, -0.25) is 19.4 Å². The molecule has 0 N–H and O–H groups in total. The molecule has 2 bridgehead atoms. The van der Waals surface area contributed by atoms with Crippen molar-refractivity contribution in [2.24, 2.45) is 5.92 Å². The number of carbonyl (C=O) groups is 1. The van der Waals surface area contributed by atoms with E-state index in [0.717, 1.165) is 17.7 Å². The van der Waals surface area contributed by atoms with Crippen LogP contribution in [0.25, 0.3) is 10.8 Å². The van der Waals surface area contributed by atoms with Crippen LogP contribution in [-0.4, -0.2) is 38.0 Å². The predicted octanol–water partition coefficient (Wildman–Crippen LogP) is 2.87. The fraction of sp³-hybridized carbons (Fsp3) is 0.259. The average Bonchev–Trinajstić information content (AvgIpc) is 2.86. The number of piperidine rings is 1. The van der Waals surface area contributed by atoms with Crippen LogP contribution in [0.5, 0.6) is 0 Å². The van der Waals surface area contributed by atoms with Crippen molar-refractivity contribution in [1.29, 1.82) is 0 Å². The van der Waals surface area contributed by atoms with Crippen LogP contribution in [0.15, 0.2) is 82.8 Å². The molecule has 2 atom stereocenters. The minimum atomic E-state index is -0.118. The molecule has 2 aliphatic heterocycles. The number of hydrogen-bond acceptors (Lipinski definition) is 4. The smallest absolute Gasteiger partial charge is 0.258 e. The third kappa shape index (κ3) is 3.44. The first-order chi connectivity index (χ1) is 16.6. The predicted molar refractivity (Wildman–Crippen MR) is 129 cm³/mol. The van der Waals surface area contributed by atoms with E-state index in [9.17, 15) is 14.4 Å². The molecule has 6 rings (SSSR count). The highest BCUT2D eigenvalue weighted by Crippen LogP contribution is 2.35. The maximum atomic E-state index is 13.9. The molecule has 1 amide bonds. The Bertz CT molecular complexity index is 1520. The summed E-state index contributed by atoms with van der Waals surface area (Å²) in [6.45, 7) is 2.18. The second kappa shape index (κ2) is 8.09. The maximum absolute atomic E-state index is 13.9. The standard InChI is InChI=1S/C27H24N4O3/c32-25-7-3-6-24-20-12-19(15-31(24)25)14-29(16-20)27(34)23-17-30(13-18-8-10-28-11-9-18)26(33)22-5-2-1-4-21(22)23/h1-11,17,19-20H,12-16H2/t19-,20+/m1/s1. The quantitative estimate of drug-likeness (QED) is 0.479. The lowest BCUT2D eigenvalue weighted by molar-refractivity contribution is 0.0595. The van der Waals surface area contributed by atoms with Crippen LogP contribution in [0.4, 0.5) is 0 Å². The summed E-state index contributed by atoms with van der Waals surface area (Å²) in [4.78, 5) is 45.4. The van der Waals surface area contributed by atoms with Crippen molar-refractivity contribution in [3.8, 4) is 0 Å². The highest BCUT2D eigenvalue weighted by atomic mass is 16.2. The van der Waals surface area contributed by atoms with E-state index >= 15 is 0 Å². The van der Waals surface area contributed by atoms with E-state index in [1.165, 1.54) is 0 Å². The fourth-order valence-electron chi connectivity index (χ4n) is 5.55. The Kier molecular flexibility index (Phi) is 4.90. The minimum Gasteiger partial charge on any atom is -0.338 e. The number of nitrogens with zero attached hydrogens (tertiary/aromatic N) is 4. The van der Waals surface area contributed by atoms with Gasteiger partial charge in [0.05, 0.1) is 12.1 Å². The second-order valence-electron chi connectivity index (χ2n) is 9.29. The van der Waals surface area contributed by atoms with Gasteiger partial charge in [0.25, 0.3) is 17.0 Å². The lowest BCUT2D eigenvalue weighted by Crippen LogP contribution is -2.49. The third-order valence-electron chi connectivity index (χ3n) is 7.09. The molecular weight excluding hydrogens is 428 g/mol. The lowest BCUT2D eigenvalue weighted by atomic mass is 9.83. The highest BCUT2D eigenvalue weighted by molar-refractivity contribution is 6.06. The third-order valence-corrected chi connectivity index (χ3v) is 7.09. The number of amides is 1. The Hall–Kier alpha value is -4.00. The summed E-state index contributed by atoms with van der Waals surface area (Å²) in [5, 5.41) is 1.22. The van der Waals surface area contributed by atoms with E-state index in [4.69, 9.17) is 0 Å². The number of carbonyl (C=O) groups excluding carboxylic acids is 1. The molecule has 0 saturated carbocycles. The Morgan fingerprint density at radius 3 is 2.53 bits per heavy atom. The number of benzene rings is 1. The molecule has 1 aromatic carbocycles. The molecule has 170 valence electrons. The summed E-state index contributed by atoms with van der Waals surface area (Å²) in [7, 11) is 0. The van der Waals surface area contributed by atoms with Gasteiger partial charge in [-0.25, -0.2) is 0 Å². The zero-order valence-electron chi connectivity index (χ0n) is 18.6. The van der Waals surface area contributed by atoms with E-state index in [0.29, 0.717) is 42.5 Å². The van der Waals surface area contributed by atoms with Gasteiger partial charge in [-0.1, -0.05) is 24.3 Å². The first-order valence-electron chi connectivity index (χ1n) is 11.6. The molecule has 4 aromatic rings. The monoisotopic (exact) mass is 452 g/mol. The first kappa shape index (κ1) is 20.6. The summed E-state index contributed by atoms with van der Waals surface area (Å²) in [5.74, 6) is 0.310. The summed E-state index contributed by atoms with van der Waals surface area (Å²) >= 11 is 0. The van der Waals surface area contributed by atoms with Crippen LogP contribution < -0.4 is 11.1 Å². The van der Waals surface area contributed by atoms with Gasteiger partial charge in [0.15, 0.2) is 0 Å². The second-order valence-corrected chi connectivity index (χ2v) is 9.29. The van der Waals surface area contributed by atoms with Gasteiger partial charge in [0, 0.05) is 66.7 Å². The molecule has 5 heterocycles. The van der Waals surface area contributed by atoms with Gasteiger partial charge in [-0.05, 0) is 42.2 Å². The van der Waals surface area contributed by atoms with Crippen LogP contribution in [0.3, 0.4) is 0 Å². The van der Waals surface area contributed by atoms with Crippen molar-refractivity contribution in [1.82, 2.24) is 19.0 Å². The number of pyridine rings is 3. The van der Waals surface area contributed by atoms with E-state index in [-0.39, 0.29) is 28.9 Å². The van der Waals surface area contributed by atoms with Crippen molar-refractivity contribution in [2.45, 2.75) is 25.4 Å². The average molecular weight is 453 g/mol. The van der Waals surface area contributed by atoms with Crippen LogP contribution >= 0.6 is 0 Å². The zero-order chi connectivity index (χ0) is 23.2. The van der Waals surface area contributed by atoms with Crippen molar-refractivity contribution in [2.75, 3.05) is 13.1 Å². The molecule has 34 heavy (non-hydrogen) atoms. The fourth-order valence-corrected chi connectivity index (χ4v) is 5.55. The van der Waals surface area contributed by atoms with Gasteiger partial charge < -0.3 is 14.0 Å². The van der Waals surface area contributed by atoms with Crippen molar-refractivity contribution in [3.63, 3.8) is 0 Å². The molecule has 0 aliphatic carbocycles. The molecule has 7 nitrogen and oxygen atoms in total. The minimum absolute atomic E-state index is 0.0289. The van der Waals surface area contributed by atoms with Crippen molar-refractivity contribution in [3.05, 3.63) is 111 Å². The zero-order valence-corrected chi connectivity index (χ0v) is 18.6. The van der Waals surface area contributed by atoms with E-state index in [1.807, 2.05) is 45.9 Å². The largest absolute Gasteiger partial charge is 0.338 e. The van der Waals surface area contributed by atoms with E-state index < -0.39 is 0 Å². The Morgan fingerprint density at radius 2 is 1.71 bits per heavy atom. The van der Waals surface area contributed by atoms with Crippen LogP contribution in [0.1, 0.15) is 34.0 Å². The first-order valence-corrected chi connectivity index (χ1v) is 11.6. The van der Waals surface area contributed by atoms with Gasteiger partial charge in [-0.15, -0.1) is 0 Å². The Morgan fingerprint density at radius 1 is 0.912 bits per heavy atom. The molecule has 0 unspecified atom stereocenters. The molecular formula is C27H24N4O3. The lowest BCUT2D eigenvalue weighted by Gasteiger charge is -2.42. The Labute approximate surface area is 195 Å². The summed E-state index contributed by atoms with van der Waals surface area (Å²) < 4.78 is 3.48. The highest BCUT2D eigenvalue weighted by Gasteiger charge is 2.37. The number of likely N-dealkylation sites (tertiary alicyclic amines) is 1. The summed E-state index contributed by atoms with van der Waals surface area (Å²) in [6, 6.07) is 16.5. The van der Waals surface area contributed by atoms with E-state index in [2.05, 4.69) is 4.98 Å². The molecule has 1 saturated heterocycles. The number of rotatable bonds is 3. The number of fused-ring (bicyclic) bond motifs is 5. The van der Waals surface area contributed by atoms with E-state index in [1.54, 1.807) is 41.4 Å². The molecule has 3 aromatic heterocycles. The number of aromatic nitrogens is 3. The number of hydrogen-bond donors (Lipinski definition) is 0. The summed E-state index contributed by atoms with van der Waals surface area (Å²) in [5.41, 5.74) is 2.40.